The van der Waals surface area contributed by atoms with E-state index in [0.717, 1.165) is 18.7 Å². The van der Waals surface area contributed by atoms with Crippen LogP contribution in [0.3, 0.4) is 0 Å². The summed E-state index contributed by atoms with van der Waals surface area (Å²) in [7, 11) is 4.04. The summed E-state index contributed by atoms with van der Waals surface area (Å²) in [5.41, 5.74) is 1.16. The van der Waals surface area contributed by atoms with E-state index in [0.29, 0.717) is 6.54 Å². The summed E-state index contributed by atoms with van der Waals surface area (Å²) in [6.45, 7) is 6.03. The number of nitrogens with zero attached hydrogens (tertiary/aromatic N) is 2. The van der Waals surface area contributed by atoms with E-state index >= 15 is 0 Å². The first-order chi connectivity index (χ1) is 8.80. The molecule has 0 spiro atoms. The van der Waals surface area contributed by atoms with Crippen LogP contribution in [-0.2, 0) is 11.3 Å². The molecular formula is C15H23BrN2O. The highest BCUT2D eigenvalue weighted by Crippen LogP contribution is 2.20. The van der Waals surface area contributed by atoms with Gasteiger partial charge in [-0.1, -0.05) is 46.3 Å². The van der Waals surface area contributed by atoms with Gasteiger partial charge in [-0.05, 0) is 33.5 Å². The third-order valence-electron chi connectivity index (χ3n) is 2.83. The summed E-state index contributed by atoms with van der Waals surface area (Å²) in [5.74, 6) is 0.123. The topological polar surface area (TPSA) is 23.6 Å². The van der Waals surface area contributed by atoms with Crippen LogP contribution in [0.5, 0.6) is 0 Å². The maximum atomic E-state index is 12.4. The Morgan fingerprint density at radius 2 is 1.74 bits per heavy atom. The molecule has 1 amide bonds. The van der Waals surface area contributed by atoms with Gasteiger partial charge in [-0.15, -0.1) is 0 Å². The fourth-order valence-corrected chi connectivity index (χ4v) is 2.00. The molecule has 4 heteroatoms. The average molecular weight is 327 g/mol. The molecule has 0 N–H and O–H groups in total. The summed E-state index contributed by atoms with van der Waals surface area (Å²) in [6, 6.07) is 10.1. The predicted molar refractivity (Wildman–Crippen MR) is 83.4 cm³/mol. The average Bonchev–Trinajstić information content (AvgIpc) is 2.33. The van der Waals surface area contributed by atoms with Crippen molar-refractivity contribution in [1.29, 1.82) is 0 Å². The Morgan fingerprint density at radius 3 is 2.21 bits per heavy atom. The quantitative estimate of drug-likeness (QED) is 0.750. The molecule has 0 heterocycles. The number of halogens is 1. The van der Waals surface area contributed by atoms with Gasteiger partial charge in [-0.2, -0.15) is 0 Å². The van der Waals surface area contributed by atoms with Crippen LogP contribution in [-0.4, -0.2) is 47.2 Å². The maximum Gasteiger partial charge on any atom is 0.239 e. The van der Waals surface area contributed by atoms with Crippen LogP contribution in [0.25, 0.3) is 0 Å². The van der Waals surface area contributed by atoms with Crippen molar-refractivity contribution in [2.75, 3.05) is 27.2 Å². The second-order valence-corrected chi connectivity index (χ2v) is 7.47. The fraction of sp³-hybridized carbons (Fsp3) is 0.533. The molecule has 0 aromatic heterocycles. The van der Waals surface area contributed by atoms with E-state index in [9.17, 15) is 4.79 Å². The molecule has 0 saturated heterocycles. The van der Waals surface area contributed by atoms with E-state index in [1.807, 2.05) is 51.0 Å². The Balaban J connectivity index is 2.78. The van der Waals surface area contributed by atoms with Gasteiger partial charge in [0.2, 0.25) is 5.91 Å². The first-order valence-corrected chi connectivity index (χ1v) is 7.27. The van der Waals surface area contributed by atoms with E-state index in [2.05, 4.69) is 33.0 Å². The van der Waals surface area contributed by atoms with Crippen molar-refractivity contribution in [3.63, 3.8) is 0 Å². The SMILES string of the molecule is CN(C)CCN(Cc1ccccc1)C(=O)C(C)(C)Br. The highest BCUT2D eigenvalue weighted by molar-refractivity contribution is 9.10. The smallest absolute Gasteiger partial charge is 0.239 e. The van der Waals surface area contributed by atoms with Crippen LogP contribution in [0.15, 0.2) is 30.3 Å². The van der Waals surface area contributed by atoms with Gasteiger partial charge in [0.1, 0.15) is 0 Å². The number of hydrogen-bond acceptors (Lipinski definition) is 2. The molecule has 0 fully saturated rings. The van der Waals surface area contributed by atoms with E-state index < -0.39 is 4.32 Å². The fourth-order valence-electron chi connectivity index (χ4n) is 1.75. The predicted octanol–water partition coefficient (Wildman–Crippen LogP) is 2.75. The summed E-state index contributed by atoms with van der Waals surface area (Å²) >= 11 is 3.46. The van der Waals surface area contributed by atoms with Crippen molar-refractivity contribution in [3.05, 3.63) is 35.9 Å². The normalized spacial score (nSPS) is 11.7. The summed E-state index contributed by atoms with van der Waals surface area (Å²) in [6.07, 6.45) is 0. The molecule has 0 aliphatic rings. The zero-order valence-corrected chi connectivity index (χ0v) is 13.8. The third-order valence-corrected chi connectivity index (χ3v) is 3.17. The lowest BCUT2D eigenvalue weighted by atomic mass is 10.1. The maximum absolute atomic E-state index is 12.4. The van der Waals surface area contributed by atoms with Gasteiger partial charge in [0, 0.05) is 19.6 Å². The standard InChI is InChI=1S/C15H23BrN2O/c1-15(2,16)14(19)18(11-10-17(3)4)12-13-8-6-5-7-9-13/h5-9H,10-12H2,1-4H3. The Bertz CT molecular complexity index is 398. The molecule has 0 unspecified atom stereocenters. The third kappa shape index (κ3) is 5.74. The molecule has 0 saturated carbocycles. The molecule has 0 bridgehead atoms. The molecular weight excluding hydrogens is 304 g/mol. The van der Waals surface area contributed by atoms with Crippen molar-refractivity contribution < 1.29 is 4.79 Å². The van der Waals surface area contributed by atoms with Crippen molar-refractivity contribution >= 4 is 21.8 Å². The molecule has 19 heavy (non-hydrogen) atoms. The number of rotatable bonds is 6. The molecule has 0 atom stereocenters. The van der Waals surface area contributed by atoms with Crippen molar-refractivity contribution in [3.8, 4) is 0 Å². The van der Waals surface area contributed by atoms with E-state index in [1.165, 1.54) is 0 Å². The van der Waals surface area contributed by atoms with Gasteiger partial charge in [0.15, 0.2) is 0 Å². The molecule has 1 aromatic rings. The molecule has 0 aliphatic carbocycles. The summed E-state index contributed by atoms with van der Waals surface area (Å²) in [4.78, 5) is 16.4. The highest BCUT2D eigenvalue weighted by Gasteiger charge is 2.28. The van der Waals surface area contributed by atoms with Crippen LogP contribution in [0.2, 0.25) is 0 Å². The molecule has 1 rings (SSSR count). The first kappa shape index (κ1) is 16.2. The molecule has 0 aliphatic heterocycles. The largest absolute Gasteiger partial charge is 0.336 e. The number of amides is 1. The van der Waals surface area contributed by atoms with Gasteiger partial charge in [0.25, 0.3) is 0 Å². The number of carbonyl (C=O) groups excluding carboxylic acids is 1. The monoisotopic (exact) mass is 326 g/mol. The molecule has 3 nitrogen and oxygen atoms in total. The number of alkyl halides is 1. The van der Waals surface area contributed by atoms with E-state index in [4.69, 9.17) is 0 Å². The minimum absolute atomic E-state index is 0.123. The molecule has 106 valence electrons. The Kier molecular flexibility index (Phi) is 6.01. The highest BCUT2D eigenvalue weighted by atomic mass is 79.9. The van der Waals surface area contributed by atoms with Crippen molar-refractivity contribution in [2.45, 2.75) is 24.7 Å². The lowest BCUT2D eigenvalue weighted by molar-refractivity contribution is -0.133. The Hall–Kier alpha value is -0.870. The lowest BCUT2D eigenvalue weighted by Crippen LogP contribution is -2.44. The van der Waals surface area contributed by atoms with E-state index in [-0.39, 0.29) is 5.91 Å². The first-order valence-electron chi connectivity index (χ1n) is 6.47. The lowest BCUT2D eigenvalue weighted by Gasteiger charge is -2.29. The minimum Gasteiger partial charge on any atom is -0.336 e. The van der Waals surface area contributed by atoms with Gasteiger partial charge in [0.05, 0.1) is 4.32 Å². The number of carbonyl (C=O) groups is 1. The van der Waals surface area contributed by atoms with E-state index in [1.54, 1.807) is 0 Å². The zero-order valence-electron chi connectivity index (χ0n) is 12.2. The molecule has 0 radical (unpaired) electrons. The second kappa shape index (κ2) is 7.06. The number of benzene rings is 1. The zero-order chi connectivity index (χ0) is 14.5. The van der Waals surface area contributed by atoms with Crippen molar-refractivity contribution in [2.24, 2.45) is 0 Å². The van der Waals surface area contributed by atoms with Gasteiger partial charge in [-0.25, -0.2) is 0 Å². The van der Waals surface area contributed by atoms with Crippen LogP contribution in [0.4, 0.5) is 0 Å². The molecule has 1 aromatic carbocycles. The van der Waals surface area contributed by atoms with Crippen LogP contribution in [0.1, 0.15) is 19.4 Å². The van der Waals surface area contributed by atoms with Crippen LogP contribution >= 0.6 is 15.9 Å². The summed E-state index contributed by atoms with van der Waals surface area (Å²) < 4.78 is -0.520. The Morgan fingerprint density at radius 1 is 1.16 bits per heavy atom. The van der Waals surface area contributed by atoms with Gasteiger partial charge < -0.3 is 9.80 Å². The van der Waals surface area contributed by atoms with Gasteiger partial charge >= 0.3 is 0 Å². The van der Waals surface area contributed by atoms with Crippen LogP contribution in [0, 0.1) is 0 Å². The Labute approximate surface area is 124 Å². The van der Waals surface area contributed by atoms with Gasteiger partial charge in [-0.3, -0.25) is 4.79 Å². The van der Waals surface area contributed by atoms with Crippen LogP contribution < -0.4 is 0 Å². The number of likely N-dealkylation sites (N-methyl/N-ethyl adjacent to an activating group) is 1. The van der Waals surface area contributed by atoms with Crippen molar-refractivity contribution in [1.82, 2.24) is 9.80 Å². The minimum atomic E-state index is -0.520. The second-order valence-electron chi connectivity index (χ2n) is 5.49. The summed E-state index contributed by atoms with van der Waals surface area (Å²) in [5, 5.41) is 0. The number of hydrogen-bond donors (Lipinski definition) is 0.